The Morgan fingerprint density at radius 3 is 1.59 bits per heavy atom. The third-order valence-electron chi connectivity index (χ3n) is 3.66. The van der Waals surface area contributed by atoms with Crippen LogP contribution in [-0.4, -0.2) is 52.9 Å². The third kappa shape index (κ3) is 16.2. The smallest absolute Gasteiger partial charge is 0.0701 e. The van der Waals surface area contributed by atoms with E-state index in [0.717, 1.165) is 19.6 Å². The molecule has 0 aliphatic rings. The zero-order chi connectivity index (χ0) is 16.3. The van der Waals surface area contributed by atoms with Gasteiger partial charge < -0.3 is 18.9 Å². The Labute approximate surface area is 137 Å². The molecule has 0 radical (unpaired) electrons. The van der Waals surface area contributed by atoms with Crippen LogP contribution in [0.3, 0.4) is 0 Å². The molecule has 0 rings (SSSR count). The van der Waals surface area contributed by atoms with Gasteiger partial charge in [0.15, 0.2) is 0 Å². The molecule has 0 aromatic rings. The fourth-order valence-corrected chi connectivity index (χ4v) is 2.05. The van der Waals surface area contributed by atoms with Gasteiger partial charge in [-0.3, -0.25) is 0 Å². The number of hydrogen-bond donors (Lipinski definition) is 0. The van der Waals surface area contributed by atoms with Crippen LogP contribution in [0, 0.1) is 5.92 Å². The van der Waals surface area contributed by atoms with Gasteiger partial charge in [0.05, 0.1) is 39.6 Å². The average molecular weight is 318 g/mol. The highest BCUT2D eigenvalue weighted by molar-refractivity contribution is 4.55. The topological polar surface area (TPSA) is 36.9 Å². The van der Waals surface area contributed by atoms with Gasteiger partial charge in [-0.05, 0) is 18.8 Å². The Balaban J connectivity index is 3.13. The molecule has 0 amide bonds. The Bertz CT molecular complexity index is 200. The van der Waals surface area contributed by atoms with Gasteiger partial charge in [0.1, 0.15) is 0 Å². The Morgan fingerprint density at radius 1 is 0.591 bits per heavy atom. The molecule has 0 saturated carbocycles. The number of rotatable bonds is 18. The van der Waals surface area contributed by atoms with Crippen LogP contribution in [0.4, 0.5) is 0 Å². The second-order valence-electron chi connectivity index (χ2n) is 5.68. The normalized spacial score (nSPS) is 12.7. The molecule has 22 heavy (non-hydrogen) atoms. The summed E-state index contributed by atoms with van der Waals surface area (Å²) < 4.78 is 22.0. The number of ether oxygens (including phenoxy) is 4. The third-order valence-corrected chi connectivity index (χ3v) is 3.66. The first-order valence-corrected chi connectivity index (χ1v) is 9.16. The summed E-state index contributed by atoms with van der Waals surface area (Å²) in [5.41, 5.74) is 0. The van der Waals surface area contributed by atoms with Gasteiger partial charge >= 0.3 is 0 Å². The van der Waals surface area contributed by atoms with Crippen LogP contribution in [0.2, 0.25) is 0 Å². The van der Waals surface area contributed by atoms with Crippen molar-refractivity contribution in [3.63, 3.8) is 0 Å². The minimum atomic E-state index is 0.630. The molecule has 0 aliphatic heterocycles. The minimum Gasteiger partial charge on any atom is -0.379 e. The zero-order valence-electron chi connectivity index (χ0n) is 15.1. The molecule has 0 fully saturated rings. The van der Waals surface area contributed by atoms with Gasteiger partial charge in [-0.2, -0.15) is 0 Å². The molecule has 0 aliphatic carbocycles. The zero-order valence-corrected chi connectivity index (χ0v) is 15.1. The molecule has 1 atom stereocenters. The molecule has 0 bridgehead atoms. The van der Waals surface area contributed by atoms with Crippen LogP contribution in [0.25, 0.3) is 0 Å². The van der Waals surface area contributed by atoms with Crippen LogP contribution >= 0.6 is 0 Å². The molecule has 134 valence electrons. The lowest BCUT2D eigenvalue weighted by Gasteiger charge is -2.14. The number of hydrogen-bond acceptors (Lipinski definition) is 4. The Kier molecular flexibility index (Phi) is 18.8. The molecular weight excluding hydrogens is 280 g/mol. The lowest BCUT2D eigenvalue weighted by molar-refractivity contribution is -0.00671. The monoisotopic (exact) mass is 318 g/mol. The van der Waals surface area contributed by atoms with E-state index in [2.05, 4.69) is 20.8 Å². The van der Waals surface area contributed by atoms with Gasteiger partial charge in [-0.1, -0.05) is 46.5 Å². The quantitative estimate of drug-likeness (QED) is 0.357. The largest absolute Gasteiger partial charge is 0.379 e. The highest BCUT2D eigenvalue weighted by atomic mass is 16.6. The molecule has 4 heteroatoms. The van der Waals surface area contributed by atoms with Crippen molar-refractivity contribution >= 4 is 0 Å². The summed E-state index contributed by atoms with van der Waals surface area (Å²) in [5.74, 6) is 0.705. The average Bonchev–Trinajstić information content (AvgIpc) is 2.54. The van der Waals surface area contributed by atoms with Crippen LogP contribution in [0.5, 0.6) is 0 Å². The summed E-state index contributed by atoms with van der Waals surface area (Å²) in [7, 11) is 0. The fraction of sp³-hybridized carbons (Fsp3) is 1.00. The molecule has 0 heterocycles. The molecule has 0 spiro atoms. The first-order valence-electron chi connectivity index (χ1n) is 9.16. The Morgan fingerprint density at radius 2 is 1.09 bits per heavy atom. The minimum absolute atomic E-state index is 0.630. The summed E-state index contributed by atoms with van der Waals surface area (Å²) >= 11 is 0. The second kappa shape index (κ2) is 18.9. The highest BCUT2D eigenvalue weighted by Crippen LogP contribution is 2.12. The van der Waals surface area contributed by atoms with Crippen molar-refractivity contribution in [2.24, 2.45) is 5.92 Å². The van der Waals surface area contributed by atoms with Crippen LogP contribution in [0.1, 0.15) is 59.3 Å². The van der Waals surface area contributed by atoms with Gasteiger partial charge in [0, 0.05) is 13.2 Å². The number of unbranched alkanes of at least 4 members (excludes halogenated alkanes) is 2. The molecule has 1 unspecified atom stereocenters. The summed E-state index contributed by atoms with van der Waals surface area (Å²) in [5, 5.41) is 0. The highest BCUT2D eigenvalue weighted by Gasteiger charge is 2.05. The molecule has 0 aromatic heterocycles. The van der Waals surface area contributed by atoms with Crippen molar-refractivity contribution in [2.45, 2.75) is 59.3 Å². The van der Waals surface area contributed by atoms with E-state index in [-0.39, 0.29) is 0 Å². The van der Waals surface area contributed by atoms with E-state index < -0.39 is 0 Å². The summed E-state index contributed by atoms with van der Waals surface area (Å²) in [6.07, 6.45) is 7.35. The van der Waals surface area contributed by atoms with Gasteiger partial charge in [0.25, 0.3) is 0 Å². The van der Waals surface area contributed by atoms with Crippen molar-refractivity contribution in [1.82, 2.24) is 0 Å². The summed E-state index contributed by atoms with van der Waals surface area (Å²) in [4.78, 5) is 0. The van der Waals surface area contributed by atoms with Crippen molar-refractivity contribution in [1.29, 1.82) is 0 Å². The molecule has 0 aromatic carbocycles. The molecule has 0 N–H and O–H groups in total. The van der Waals surface area contributed by atoms with E-state index >= 15 is 0 Å². The first kappa shape index (κ1) is 21.8. The van der Waals surface area contributed by atoms with E-state index in [9.17, 15) is 0 Å². The van der Waals surface area contributed by atoms with Gasteiger partial charge in [-0.15, -0.1) is 0 Å². The first-order chi connectivity index (χ1) is 10.8. The maximum atomic E-state index is 5.68. The Hall–Kier alpha value is -0.160. The SMILES string of the molecule is CCCCOCCOCCOCCOCC(CC)CCCC. The van der Waals surface area contributed by atoms with Crippen LogP contribution in [-0.2, 0) is 18.9 Å². The van der Waals surface area contributed by atoms with Crippen molar-refractivity contribution < 1.29 is 18.9 Å². The molecule has 4 nitrogen and oxygen atoms in total. The fourth-order valence-electron chi connectivity index (χ4n) is 2.05. The summed E-state index contributed by atoms with van der Waals surface area (Å²) in [6, 6.07) is 0. The van der Waals surface area contributed by atoms with Gasteiger partial charge in [0.2, 0.25) is 0 Å². The van der Waals surface area contributed by atoms with Crippen LogP contribution < -0.4 is 0 Å². The molecular formula is C18H38O4. The maximum absolute atomic E-state index is 5.68. The van der Waals surface area contributed by atoms with Crippen molar-refractivity contribution in [3.8, 4) is 0 Å². The predicted molar refractivity (Wildman–Crippen MR) is 91.5 cm³/mol. The predicted octanol–water partition coefficient (Wildman–Crippen LogP) is 4.07. The van der Waals surface area contributed by atoms with E-state index in [1.54, 1.807) is 0 Å². The lowest BCUT2D eigenvalue weighted by Crippen LogP contribution is -2.14. The second-order valence-corrected chi connectivity index (χ2v) is 5.68. The van der Waals surface area contributed by atoms with E-state index in [1.165, 1.54) is 32.1 Å². The van der Waals surface area contributed by atoms with Crippen LogP contribution in [0.15, 0.2) is 0 Å². The maximum Gasteiger partial charge on any atom is 0.0701 e. The molecule has 0 saturated heterocycles. The standard InChI is InChI=1S/C18H38O4/c1-4-7-9-18(6-3)17-22-16-15-21-14-13-20-12-11-19-10-8-5-2/h18H,4-17H2,1-3H3. The van der Waals surface area contributed by atoms with Crippen molar-refractivity contribution in [2.75, 3.05) is 52.9 Å². The van der Waals surface area contributed by atoms with E-state index in [0.29, 0.717) is 45.6 Å². The van der Waals surface area contributed by atoms with E-state index in [1.807, 2.05) is 0 Å². The summed E-state index contributed by atoms with van der Waals surface area (Å²) in [6.45, 7) is 12.3. The lowest BCUT2D eigenvalue weighted by atomic mass is 10.0. The van der Waals surface area contributed by atoms with Crippen molar-refractivity contribution in [3.05, 3.63) is 0 Å². The van der Waals surface area contributed by atoms with Gasteiger partial charge in [-0.25, -0.2) is 0 Å². The van der Waals surface area contributed by atoms with E-state index in [4.69, 9.17) is 18.9 Å².